The zero-order chi connectivity index (χ0) is 15.2. The van der Waals surface area contributed by atoms with Gasteiger partial charge >= 0.3 is 0 Å². The molecule has 0 fully saturated rings. The van der Waals surface area contributed by atoms with Gasteiger partial charge in [0.25, 0.3) is 5.91 Å². The van der Waals surface area contributed by atoms with Crippen LogP contribution in [0.2, 0.25) is 0 Å². The summed E-state index contributed by atoms with van der Waals surface area (Å²) in [5.74, 6) is 5.29. The Morgan fingerprint density at radius 2 is 2.29 bits per heavy atom. The number of aliphatic hydroxyl groups excluding tert-OH is 1. The van der Waals surface area contributed by atoms with Crippen LogP contribution < -0.4 is 5.32 Å². The summed E-state index contributed by atoms with van der Waals surface area (Å²) >= 11 is 0. The lowest BCUT2D eigenvalue weighted by molar-refractivity contribution is 0.0930. The van der Waals surface area contributed by atoms with Gasteiger partial charge in [-0.25, -0.2) is 0 Å². The normalized spacial score (nSPS) is 11.4. The molecule has 21 heavy (non-hydrogen) atoms. The van der Waals surface area contributed by atoms with Crippen LogP contribution in [0.5, 0.6) is 0 Å². The zero-order valence-corrected chi connectivity index (χ0v) is 12.0. The van der Waals surface area contributed by atoms with Crippen LogP contribution in [-0.4, -0.2) is 27.4 Å². The highest BCUT2D eigenvalue weighted by Gasteiger charge is 2.14. The Morgan fingerprint density at radius 3 is 2.95 bits per heavy atom. The van der Waals surface area contributed by atoms with Crippen LogP contribution in [0.15, 0.2) is 36.5 Å². The number of nitrogens with zero attached hydrogens (tertiary/aromatic N) is 2. The molecule has 2 aromatic rings. The topological polar surface area (TPSA) is 67.2 Å². The van der Waals surface area contributed by atoms with Gasteiger partial charge in [-0.1, -0.05) is 24.0 Å². The molecule has 5 nitrogen and oxygen atoms in total. The van der Waals surface area contributed by atoms with Crippen molar-refractivity contribution >= 4 is 5.91 Å². The molecule has 1 unspecified atom stereocenters. The second kappa shape index (κ2) is 6.73. The Kier molecular flexibility index (Phi) is 4.75. The van der Waals surface area contributed by atoms with Crippen LogP contribution in [-0.2, 0) is 7.05 Å². The van der Waals surface area contributed by atoms with Gasteiger partial charge in [-0.2, -0.15) is 5.10 Å². The van der Waals surface area contributed by atoms with Gasteiger partial charge in [-0.3, -0.25) is 9.48 Å². The van der Waals surface area contributed by atoms with E-state index in [0.29, 0.717) is 5.69 Å². The van der Waals surface area contributed by atoms with Gasteiger partial charge < -0.3 is 10.4 Å². The first-order valence-electron chi connectivity index (χ1n) is 6.60. The van der Waals surface area contributed by atoms with Gasteiger partial charge in [0.05, 0.1) is 6.04 Å². The van der Waals surface area contributed by atoms with E-state index in [9.17, 15) is 4.79 Å². The molecule has 0 aliphatic rings. The third-order valence-corrected chi connectivity index (χ3v) is 3.10. The van der Waals surface area contributed by atoms with E-state index in [1.807, 2.05) is 31.2 Å². The van der Waals surface area contributed by atoms with Crippen LogP contribution in [0.1, 0.15) is 34.6 Å². The largest absolute Gasteiger partial charge is 0.384 e. The molecule has 1 heterocycles. The van der Waals surface area contributed by atoms with Crippen molar-refractivity contribution in [2.45, 2.75) is 13.0 Å². The molecule has 108 valence electrons. The average Bonchev–Trinajstić information content (AvgIpc) is 2.91. The van der Waals surface area contributed by atoms with E-state index >= 15 is 0 Å². The number of aliphatic hydroxyl groups is 1. The first-order valence-corrected chi connectivity index (χ1v) is 6.60. The van der Waals surface area contributed by atoms with E-state index in [-0.39, 0.29) is 18.6 Å². The van der Waals surface area contributed by atoms with Gasteiger partial charge in [-0.05, 0) is 30.7 Å². The number of benzene rings is 1. The summed E-state index contributed by atoms with van der Waals surface area (Å²) in [6, 6.07) is 9.09. The molecule has 2 N–H and O–H groups in total. The maximum Gasteiger partial charge on any atom is 0.270 e. The molecule has 5 heteroatoms. The van der Waals surface area contributed by atoms with Crippen molar-refractivity contribution in [2.75, 3.05) is 6.61 Å². The van der Waals surface area contributed by atoms with Crippen molar-refractivity contribution in [3.05, 3.63) is 53.3 Å². The van der Waals surface area contributed by atoms with Gasteiger partial charge in [-0.15, -0.1) is 0 Å². The van der Waals surface area contributed by atoms with E-state index in [1.54, 1.807) is 19.3 Å². The van der Waals surface area contributed by atoms with Crippen LogP contribution in [0.25, 0.3) is 0 Å². The first kappa shape index (κ1) is 14.8. The van der Waals surface area contributed by atoms with Crippen molar-refractivity contribution in [3.8, 4) is 11.8 Å². The summed E-state index contributed by atoms with van der Waals surface area (Å²) in [5, 5.41) is 15.6. The molecule has 0 saturated heterocycles. The molecule has 1 aromatic heterocycles. The van der Waals surface area contributed by atoms with E-state index in [1.165, 1.54) is 4.68 Å². The quantitative estimate of drug-likeness (QED) is 0.833. The number of carbonyl (C=O) groups is 1. The minimum Gasteiger partial charge on any atom is -0.384 e. The van der Waals surface area contributed by atoms with Crippen LogP contribution in [0, 0.1) is 11.8 Å². The molecular formula is C16H17N3O2. The number of aromatic nitrogens is 2. The van der Waals surface area contributed by atoms with Crippen molar-refractivity contribution in [3.63, 3.8) is 0 Å². The number of rotatable bonds is 3. The maximum atomic E-state index is 12.1. The van der Waals surface area contributed by atoms with Gasteiger partial charge in [0.2, 0.25) is 0 Å². The average molecular weight is 283 g/mol. The number of amides is 1. The van der Waals surface area contributed by atoms with Crippen LogP contribution in [0.4, 0.5) is 0 Å². The van der Waals surface area contributed by atoms with Crippen molar-refractivity contribution in [1.82, 2.24) is 15.1 Å². The smallest absolute Gasteiger partial charge is 0.270 e. The summed E-state index contributed by atoms with van der Waals surface area (Å²) in [6.45, 7) is 1.74. The Morgan fingerprint density at radius 1 is 1.48 bits per heavy atom. The predicted octanol–water partition coefficient (Wildman–Crippen LogP) is 1.25. The summed E-state index contributed by atoms with van der Waals surface area (Å²) in [4.78, 5) is 12.1. The molecule has 0 saturated carbocycles. The van der Waals surface area contributed by atoms with E-state index in [4.69, 9.17) is 5.11 Å². The Labute approximate surface area is 123 Å². The van der Waals surface area contributed by atoms with Gasteiger partial charge in [0, 0.05) is 18.8 Å². The van der Waals surface area contributed by atoms with E-state index < -0.39 is 0 Å². The van der Waals surface area contributed by atoms with Gasteiger partial charge in [0.1, 0.15) is 12.3 Å². The monoisotopic (exact) mass is 283 g/mol. The summed E-state index contributed by atoms with van der Waals surface area (Å²) in [7, 11) is 1.73. The molecule has 1 aromatic carbocycles. The van der Waals surface area contributed by atoms with Crippen molar-refractivity contribution in [1.29, 1.82) is 0 Å². The summed E-state index contributed by atoms with van der Waals surface area (Å²) < 4.78 is 1.53. The zero-order valence-electron chi connectivity index (χ0n) is 12.0. The predicted molar refractivity (Wildman–Crippen MR) is 79.5 cm³/mol. The molecule has 1 atom stereocenters. The fourth-order valence-corrected chi connectivity index (χ4v) is 1.98. The number of hydrogen-bond acceptors (Lipinski definition) is 3. The standard InChI is InChI=1S/C16H17N3O2/c1-12(18-16(21)15-8-9-17-19(15)2)14-7-3-5-13(11-14)6-4-10-20/h3,5,7-9,11-12,20H,10H2,1-2H3,(H,18,21). The molecule has 0 aliphatic heterocycles. The summed E-state index contributed by atoms with van der Waals surface area (Å²) in [5.41, 5.74) is 2.27. The fraction of sp³-hybridized carbons (Fsp3) is 0.250. The number of nitrogens with one attached hydrogen (secondary N) is 1. The van der Waals surface area contributed by atoms with E-state index in [2.05, 4.69) is 22.3 Å². The minimum atomic E-state index is -0.172. The Bertz CT molecular complexity index is 695. The molecule has 0 spiro atoms. The maximum absolute atomic E-state index is 12.1. The molecule has 2 rings (SSSR count). The second-order valence-electron chi connectivity index (χ2n) is 4.62. The van der Waals surface area contributed by atoms with Crippen molar-refractivity contribution in [2.24, 2.45) is 7.05 Å². The van der Waals surface area contributed by atoms with Crippen LogP contribution >= 0.6 is 0 Å². The van der Waals surface area contributed by atoms with Crippen molar-refractivity contribution < 1.29 is 9.90 Å². The lowest BCUT2D eigenvalue weighted by Crippen LogP contribution is -2.28. The Balaban J connectivity index is 2.11. The highest BCUT2D eigenvalue weighted by Crippen LogP contribution is 2.14. The van der Waals surface area contributed by atoms with Gasteiger partial charge in [0.15, 0.2) is 0 Å². The number of carbonyl (C=O) groups excluding carboxylic acids is 1. The minimum absolute atomic E-state index is 0.150. The number of hydrogen-bond donors (Lipinski definition) is 2. The fourth-order valence-electron chi connectivity index (χ4n) is 1.98. The highest BCUT2D eigenvalue weighted by atomic mass is 16.2. The molecule has 1 amide bonds. The number of aryl methyl sites for hydroxylation is 1. The second-order valence-corrected chi connectivity index (χ2v) is 4.62. The molecule has 0 aliphatic carbocycles. The lowest BCUT2D eigenvalue weighted by atomic mass is 10.1. The van der Waals surface area contributed by atoms with Crippen LogP contribution in [0.3, 0.4) is 0 Å². The molecular weight excluding hydrogens is 266 g/mol. The lowest BCUT2D eigenvalue weighted by Gasteiger charge is -2.14. The Hall–Kier alpha value is -2.58. The summed E-state index contributed by atoms with van der Waals surface area (Å²) in [6.07, 6.45) is 1.59. The van der Waals surface area contributed by atoms with E-state index in [0.717, 1.165) is 11.1 Å². The first-order chi connectivity index (χ1) is 10.1. The highest BCUT2D eigenvalue weighted by molar-refractivity contribution is 5.92. The molecule has 0 radical (unpaired) electrons. The third-order valence-electron chi connectivity index (χ3n) is 3.10. The molecule has 0 bridgehead atoms. The third kappa shape index (κ3) is 3.71. The SMILES string of the molecule is CC(NC(=O)c1ccnn1C)c1cccc(C#CCO)c1.